The summed E-state index contributed by atoms with van der Waals surface area (Å²) in [7, 11) is 0. The molecular formula is C50H49N3O6. The van der Waals surface area contributed by atoms with Crippen LogP contribution < -0.4 is 25.1 Å². The lowest BCUT2D eigenvalue weighted by atomic mass is 9.84. The van der Waals surface area contributed by atoms with Gasteiger partial charge < -0.3 is 24.1 Å². The molecule has 6 aromatic carbocycles. The fourth-order valence-corrected chi connectivity index (χ4v) is 6.75. The molecule has 0 saturated carbocycles. The van der Waals surface area contributed by atoms with Crippen molar-refractivity contribution >= 4 is 17.9 Å². The van der Waals surface area contributed by atoms with Crippen LogP contribution in [0.2, 0.25) is 0 Å². The number of aliphatic hydroxyl groups excluding tert-OH is 1. The molecule has 59 heavy (non-hydrogen) atoms. The van der Waals surface area contributed by atoms with E-state index in [-0.39, 0.29) is 18.9 Å². The Labute approximate surface area is 346 Å². The summed E-state index contributed by atoms with van der Waals surface area (Å²) in [5, 5.41) is 9.15. The third-order valence-electron chi connectivity index (χ3n) is 9.89. The molecule has 0 fully saturated rings. The lowest BCUT2D eigenvalue weighted by molar-refractivity contribution is -0.129. The van der Waals surface area contributed by atoms with E-state index in [9.17, 15) is 4.79 Å². The molecule has 1 aliphatic rings. The van der Waals surface area contributed by atoms with Crippen LogP contribution in [0.25, 0.3) is 6.08 Å². The Morgan fingerprint density at radius 1 is 0.712 bits per heavy atom. The van der Waals surface area contributed by atoms with Crippen molar-refractivity contribution in [3.63, 3.8) is 0 Å². The molecule has 1 heterocycles. The number of carbonyl (C=O) groups excluding carboxylic acids is 1. The van der Waals surface area contributed by atoms with Gasteiger partial charge in [0, 0.05) is 31.6 Å². The van der Waals surface area contributed by atoms with Crippen molar-refractivity contribution in [3.05, 3.63) is 203 Å². The third-order valence-corrected chi connectivity index (χ3v) is 9.89. The van der Waals surface area contributed by atoms with E-state index in [2.05, 4.69) is 10.9 Å². The Bertz CT molecular complexity index is 2270. The van der Waals surface area contributed by atoms with Crippen molar-refractivity contribution in [2.24, 2.45) is 4.99 Å². The standard InChI is InChI=1S/C50H49N3O6/c54-33-14-34-56-44-27-25-43(26-28-44)48-52-50(31-13-21-38-15-5-1-6-16-38,47(59-48)42-22-11-4-12-23-42)49(55)53-51-32-30-39-24-29-45(57-36-40-17-7-2-8-18-40)46(35-39)58-37-41-19-9-3-10-20-41/h1-13,15-29,35,47,51,54H,14,30-34,36-37H2,(H,53,55)/b21-13+/t47-,50-/m0/s1. The minimum absolute atomic E-state index is 0.0600. The van der Waals surface area contributed by atoms with Crippen LogP contribution in [0.4, 0.5) is 0 Å². The van der Waals surface area contributed by atoms with Crippen LogP contribution in [0.15, 0.2) is 175 Å². The van der Waals surface area contributed by atoms with Crippen molar-refractivity contribution in [1.82, 2.24) is 10.9 Å². The number of benzene rings is 6. The number of aliphatic imine (C=N–C) groups is 1. The molecule has 0 unspecified atom stereocenters. The summed E-state index contributed by atoms with van der Waals surface area (Å²) >= 11 is 0. The summed E-state index contributed by atoms with van der Waals surface area (Å²) < 4.78 is 24.9. The largest absolute Gasteiger partial charge is 0.494 e. The molecule has 1 aliphatic heterocycles. The summed E-state index contributed by atoms with van der Waals surface area (Å²) in [5.74, 6) is 2.02. The monoisotopic (exact) mass is 787 g/mol. The SMILES string of the molecule is O=C(NNCCc1ccc(OCc2ccccc2)c(OCc2ccccc2)c1)[C@@]1(C/C=C/c2ccccc2)N=C(c2ccc(OCCCO)cc2)O[C@H]1c1ccccc1. The fraction of sp³-hybridized carbons (Fsp3) is 0.200. The molecule has 0 aliphatic carbocycles. The van der Waals surface area contributed by atoms with E-state index in [4.69, 9.17) is 29.0 Å². The molecular weight excluding hydrogens is 739 g/mol. The topological polar surface area (TPSA) is 111 Å². The van der Waals surface area contributed by atoms with Crippen LogP contribution in [0.1, 0.15) is 52.3 Å². The van der Waals surface area contributed by atoms with Gasteiger partial charge in [-0.05, 0) is 70.6 Å². The Morgan fingerprint density at radius 2 is 1.34 bits per heavy atom. The molecule has 1 amide bonds. The van der Waals surface area contributed by atoms with E-state index >= 15 is 0 Å². The van der Waals surface area contributed by atoms with Crippen molar-refractivity contribution in [2.45, 2.75) is 44.1 Å². The minimum Gasteiger partial charge on any atom is -0.494 e. The molecule has 9 heteroatoms. The number of nitrogens with one attached hydrogen (secondary N) is 2. The zero-order valence-electron chi connectivity index (χ0n) is 32.9. The van der Waals surface area contributed by atoms with E-state index < -0.39 is 11.6 Å². The van der Waals surface area contributed by atoms with Gasteiger partial charge >= 0.3 is 0 Å². The predicted octanol–water partition coefficient (Wildman–Crippen LogP) is 8.83. The number of carbonyl (C=O) groups is 1. The average molecular weight is 788 g/mol. The Hall–Kier alpha value is -6.68. The van der Waals surface area contributed by atoms with Gasteiger partial charge in [0.2, 0.25) is 5.90 Å². The number of nitrogens with zero attached hydrogens (tertiary/aromatic N) is 1. The summed E-state index contributed by atoms with van der Waals surface area (Å²) in [4.78, 5) is 19.7. The first kappa shape index (κ1) is 40.5. The highest BCUT2D eigenvalue weighted by Gasteiger charge is 2.52. The van der Waals surface area contributed by atoms with Crippen LogP contribution in [0.5, 0.6) is 17.2 Å². The zero-order chi connectivity index (χ0) is 40.5. The highest BCUT2D eigenvalue weighted by molar-refractivity contribution is 6.01. The van der Waals surface area contributed by atoms with E-state index in [1.54, 1.807) is 0 Å². The summed E-state index contributed by atoms with van der Waals surface area (Å²) in [5.41, 5.74) is 10.5. The average Bonchev–Trinajstić information content (AvgIpc) is 3.69. The lowest BCUT2D eigenvalue weighted by Gasteiger charge is -2.29. The summed E-state index contributed by atoms with van der Waals surface area (Å²) in [6.45, 7) is 1.72. The maximum atomic E-state index is 14.6. The molecule has 300 valence electrons. The van der Waals surface area contributed by atoms with E-state index in [1.807, 2.05) is 176 Å². The van der Waals surface area contributed by atoms with Crippen molar-refractivity contribution < 1.29 is 28.8 Å². The van der Waals surface area contributed by atoms with Crippen LogP contribution in [0, 0.1) is 0 Å². The van der Waals surface area contributed by atoms with Gasteiger partial charge in [-0.2, -0.15) is 0 Å². The van der Waals surface area contributed by atoms with Crippen LogP contribution >= 0.6 is 0 Å². The number of hydrazine groups is 1. The second kappa shape index (κ2) is 20.7. The number of aliphatic hydroxyl groups is 1. The van der Waals surface area contributed by atoms with E-state index in [0.717, 1.165) is 33.4 Å². The molecule has 0 spiro atoms. The Balaban J connectivity index is 1.09. The van der Waals surface area contributed by atoms with Gasteiger partial charge in [-0.1, -0.05) is 140 Å². The van der Waals surface area contributed by atoms with Crippen LogP contribution in [-0.4, -0.2) is 42.2 Å². The van der Waals surface area contributed by atoms with Crippen molar-refractivity contribution in [2.75, 3.05) is 19.8 Å². The maximum Gasteiger partial charge on any atom is 0.266 e. The molecule has 0 aromatic heterocycles. The van der Waals surface area contributed by atoms with Gasteiger partial charge in [-0.3, -0.25) is 10.2 Å². The number of rotatable bonds is 20. The quantitative estimate of drug-likeness (QED) is 0.0524. The van der Waals surface area contributed by atoms with Gasteiger partial charge in [0.05, 0.1) is 6.61 Å². The highest BCUT2D eigenvalue weighted by Crippen LogP contribution is 2.43. The summed E-state index contributed by atoms with van der Waals surface area (Å²) in [6, 6.07) is 53.2. The van der Waals surface area contributed by atoms with Crippen LogP contribution in [-0.2, 0) is 29.2 Å². The zero-order valence-corrected chi connectivity index (χ0v) is 32.9. The predicted molar refractivity (Wildman–Crippen MR) is 231 cm³/mol. The third kappa shape index (κ3) is 11.0. The van der Waals surface area contributed by atoms with Gasteiger partial charge in [-0.25, -0.2) is 10.4 Å². The first-order chi connectivity index (χ1) is 29.1. The molecule has 3 N–H and O–H groups in total. The van der Waals surface area contributed by atoms with Gasteiger partial charge in [0.1, 0.15) is 19.0 Å². The molecule has 9 nitrogen and oxygen atoms in total. The second-order valence-electron chi connectivity index (χ2n) is 14.2. The number of hydrogen-bond acceptors (Lipinski definition) is 8. The molecule has 0 bridgehead atoms. The number of amides is 1. The van der Waals surface area contributed by atoms with Gasteiger partial charge in [0.25, 0.3) is 5.91 Å². The number of ether oxygens (including phenoxy) is 4. The second-order valence-corrected chi connectivity index (χ2v) is 14.2. The Kier molecular flexibility index (Phi) is 14.2. The molecule has 2 atom stereocenters. The van der Waals surface area contributed by atoms with Gasteiger partial charge in [0.15, 0.2) is 23.1 Å². The summed E-state index contributed by atoms with van der Waals surface area (Å²) in [6.07, 6.45) is 4.68. The minimum atomic E-state index is -1.35. The molecule has 6 aromatic rings. The van der Waals surface area contributed by atoms with Crippen LogP contribution in [0.3, 0.4) is 0 Å². The first-order valence-corrected chi connectivity index (χ1v) is 20.0. The fourth-order valence-electron chi connectivity index (χ4n) is 6.75. The van der Waals surface area contributed by atoms with Crippen molar-refractivity contribution in [1.29, 1.82) is 0 Å². The van der Waals surface area contributed by atoms with E-state index in [0.29, 0.717) is 62.4 Å². The molecule has 0 radical (unpaired) electrons. The number of hydrogen-bond donors (Lipinski definition) is 3. The lowest BCUT2D eigenvalue weighted by Crippen LogP contribution is -2.52. The highest BCUT2D eigenvalue weighted by atomic mass is 16.5. The normalized spacial score (nSPS) is 15.9. The van der Waals surface area contributed by atoms with Crippen molar-refractivity contribution in [3.8, 4) is 17.2 Å². The maximum absolute atomic E-state index is 14.6. The van der Waals surface area contributed by atoms with Gasteiger partial charge in [-0.15, -0.1) is 0 Å². The molecule has 0 saturated heterocycles. The Morgan fingerprint density at radius 3 is 2.00 bits per heavy atom. The smallest absolute Gasteiger partial charge is 0.266 e. The first-order valence-electron chi connectivity index (χ1n) is 20.0. The molecule has 7 rings (SSSR count). The van der Waals surface area contributed by atoms with E-state index in [1.165, 1.54) is 0 Å².